The molecule has 5 nitrogen and oxygen atoms in total. The second-order valence-electron chi connectivity index (χ2n) is 8.52. The van der Waals surface area contributed by atoms with Gasteiger partial charge in [0.15, 0.2) is 16.7 Å². The van der Waals surface area contributed by atoms with Crippen LogP contribution in [0.4, 0.5) is 0 Å². The highest BCUT2D eigenvalue weighted by Crippen LogP contribution is 2.41. The summed E-state index contributed by atoms with van der Waals surface area (Å²) in [6, 6.07) is 4.50. The number of carbonyl (C=O) groups is 1. The molecule has 31 heavy (non-hydrogen) atoms. The highest BCUT2D eigenvalue weighted by atomic mass is 79.9. The van der Waals surface area contributed by atoms with Gasteiger partial charge in [-0.25, -0.2) is 0 Å². The Bertz CT molecular complexity index is 874. The zero-order chi connectivity index (χ0) is 21.8. The predicted molar refractivity (Wildman–Crippen MR) is 131 cm³/mol. The Hall–Kier alpha value is -1.47. The molecular weight excluding hydrogens is 476 g/mol. The largest absolute Gasteiger partial charge is 0.493 e. The Morgan fingerprint density at radius 2 is 1.71 bits per heavy atom. The summed E-state index contributed by atoms with van der Waals surface area (Å²) in [4.78, 5) is 21.4. The van der Waals surface area contributed by atoms with Crippen molar-refractivity contribution in [3.05, 3.63) is 27.1 Å². The number of nitrogens with zero attached hydrogens (tertiary/aromatic N) is 2. The number of hydrogen-bond acceptors (Lipinski definition) is 5. The van der Waals surface area contributed by atoms with Crippen LogP contribution < -0.4 is 9.47 Å². The van der Waals surface area contributed by atoms with Gasteiger partial charge in [0.05, 0.1) is 29.6 Å². The summed E-state index contributed by atoms with van der Waals surface area (Å²) in [6.07, 6.45) is 13.8. The van der Waals surface area contributed by atoms with E-state index in [1.807, 2.05) is 23.1 Å². The zero-order valence-electron chi connectivity index (χ0n) is 18.4. The molecule has 1 aliphatic heterocycles. The fourth-order valence-corrected chi connectivity index (χ4v) is 6.51. The number of thioether (sulfide) groups is 1. The normalized spacial score (nSPS) is 23.7. The van der Waals surface area contributed by atoms with Crippen LogP contribution in [0.3, 0.4) is 0 Å². The fourth-order valence-electron chi connectivity index (χ4n) is 4.78. The van der Waals surface area contributed by atoms with E-state index < -0.39 is 0 Å². The van der Waals surface area contributed by atoms with E-state index in [9.17, 15) is 4.79 Å². The van der Waals surface area contributed by atoms with E-state index in [1.54, 1.807) is 14.2 Å². The van der Waals surface area contributed by atoms with Crippen molar-refractivity contribution in [2.24, 2.45) is 4.99 Å². The first-order chi connectivity index (χ1) is 15.1. The van der Waals surface area contributed by atoms with Gasteiger partial charge in [0.1, 0.15) is 0 Å². The minimum absolute atomic E-state index is 0.0948. The molecule has 1 amide bonds. The topological polar surface area (TPSA) is 51.1 Å². The first kappa shape index (κ1) is 22.7. The summed E-state index contributed by atoms with van der Waals surface area (Å²) in [5, 5.41) is 0.912. The van der Waals surface area contributed by atoms with Gasteiger partial charge in [-0.1, -0.05) is 38.5 Å². The molecule has 3 aliphatic rings. The maximum atomic E-state index is 13.5. The van der Waals surface area contributed by atoms with Gasteiger partial charge < -0.3 is 9.47 Å². The van der Waals surface area contributed by atoms with Crippen LogP contribution in [0, 0.1) is 0 Å². The first-order valence-electron chi connectivity index (χ1n) is 11.3. The van der Waals surface area contributed by atoms with Crippen molar-refractivity contribution in [3.8, 4) is 11.5 Å². The number of halogens is 1. The monoisotopic (exact) mass is 506 g/mol. The summed E-state index contributed by atoms with van der Waals surface area (Å²) in [5.41, 5.74) is 0.905. The minimum Gasteiger partial charge on any atom is -0.493 e. The van der Waals surface area contributed by atoms with Crippen molar-refractivity contribution in [2.75, 3.05) is 14.2 Å². The van der Waals surface area contributed by atoms with Gasteiger partial charge in [0.2, 0.25) is 0 Å². The third-order valence-corrected chi connectivity index (χ3v) is 7.98. The van der Waals surface area contributed by atoms with Crippen molar-refractivity contribution >= 4 is 44.8 Å². The number of ether oxygens (including phenoxy) is 2. The number of rotatable bonds is 5. The molecular formula is C24H31BrN2O3S. The van der Waals surface area contributed by atoms with Crippen molar-refractivity contribution in [1.82, 2.24) is 4.90 Å². The predicted octanol–water partition coefficient (Wildman–Crippen LogP) is 6.40. The SMILES string of the molecule is COc1cc(C=C2SC(=NC3CCCCC3)N(C3CCCCC3)C2=O)cc(Br)c1OC. The molecule has 4 rings (SSSR count). The third kappa shape index (κ3) is 5.14. The quantitative estimate of drug-likeness (QED) is 0.433. The second kappa shape index (κ2) is 10.4. The van der Waals surface area contributed by atoms with Crippen LogP contribution in [-0.2, 0) is 4.79 Å². The van der Waals surface area contributed by atoms with Crippen molar-refractivity contribution < 1.29 is 14.3 Å². The lowest BCUT2D eigenvalue weighted by Gasteiger charge is -2.31. The number of hydrogen-bond donors (Lipinski definition) is 0. The maximum Gasteiger partial charge on any atom is 0.266 e. The van der Waals surface area contributed by atoms with Gasteiger partial charge in [0.25, 0.3) is 5.91 Å². The van der Waals surface area contributed by atoms with Crippen LogP contribution in [0.15, 0.2) is 26.5 Å². The van der Waals surface area contributed by atoms with Crippen LogP contribution in [-0.4, -0.2) is 42.3 Å². The fraction of sp³-hybridized carbons (Fsp3) is 0.583. The lowest BCUT2D eigenvalue weighted by atomic mass is 9.94. The van der Waals surface area contributed by atoms with Crippen LogP contribution in [0.5, 0.6) is 11.5 Å². The maximum absolute atomic E-state index is 13.5. The molecule has 1 heterocycles. The van der Waals surface area contributed by atoms with E-state index in [2.05, 4.69) is 15.9 Å². The Morgan fingerprint density at radius 1 is 1.03 bits per heavy atom. The highest BCUT2D eigenvalue weighted by molar-refractivity contribution is 9.10. The van der Waals surface area contributed by atoms with E-state index in [0.717, 1.165) is 45.8 Å². The molecule has 7 heteroatoms. The Morgan fingerprint density at radius 3 is 2.35 bits per heavy atom. The molecule has 0 aromatic heterocycles. The van der Waals surface area contributed by atoms with Crippen LogP contribution in [0.2, 0.25) is 0 Å². The van der Waals surface area contributed by atoms with Gasteiger partial charge in [-0.2, -0.15) is 0 Å². The molecule has 1 saturated heterocycles. The Balaban J connectivity index is 1.66. The summed E-state index contributed by atoms with van der Waals surface area (Å²) in [7, 11) is 3.24. The third-order valence-electron chi connectivity index (χ3n) is 6.40. The van der Waals surface area contributed by atoms with Gasteiger partial charge >= 0.3 is 0 Å². The van der Waals surface area contributed by atoms with Crippen molar-refractivity contribution in [2.45, 2.75) is 76.3 Å². The van der Waals surface area contributed by atoms with E-state index >= 15 is 0 Å². The molecule has 0 unspecified atom stereocenters. The number of benzene rings is 1. The molecule has 1 aromatic carbocycles. The van der Waals surface area contributed by atoms with Gasteiger partial charge in [0, 0.05) is 6.04 Å². The molecule has 2 aliphatic carbocycles. The number of aliphatic imine (C=N–C) groups is 1. The van der Waals surface area contributed by atoms with Crippen molar-refractivity contribution in [1.29, 1.82) is 0 Å². The van der Waals surface area contributed by atoms with Crippen LogP contribution in [0.25, 0.3) is 6.08 Å². The average Bonchev–Trinajstić information content (AvgIpc) is 3.09. The van der Waals surface area contributed by atoms with Gasteiger partial charge in [-0.15, -0.1) is 0 Å². The summed E-state index contributed by atoms with van der Waals surface area (Å²) >= 11 is 5.09. The van der Waals surface area contributed by atoms with Crippen molar-refractivity contribution in [3.63, 3.8) is 0 Å². The Kier molecular flexibility index (Phi) is 7.64. The smallest absolute Gasteiger partial charge is 0.266 e. The highest BCUT2D eigenvalue weighted by Gasteiger charge is 2.39. The second-order valence-corrected chi connectivity index (χ2v) is 10.4. The average molecular weight is 507 g/mol. The summed E-state index contributed by atoms with van der Waals surface area (Å²) in [5.74, 6) is 1.38. The minimum atomic E-state index is 0.0948. The number of amides is 1. The molecule has 1 aromatic rings. The summed E-state index contributed by atoms with van der Waals surface area (Å²) < 4.78 is 11.7. The molecule has 0 N–H and O–H groups in total. The van der Waals surface area contributed by atoms with Gasteiger partial charge in [-0.05, 0) is 77.1 Å². The van der Waals surface area contributed by atoms with E-state index in [0.29, 0.717) is 17.5 Å². The van der Waals surface area contributed by atoms with E-state index in [1.165, 1.54) is 50.3 Å². The Labute approximate surface area is 197 Å². The number of carbonyl (C=O) groups excluding carboxylic acids is 1. The standard InChI is InChI=1S/C24H31BrN2O3S/c1-29-20-14-16(13-19(25)22(20)30-2)15-21-23(28)27(18-11-7-4-8-12-18)24(31-21)26-17-9-5-3-6-10-17/h13-15,17-18H,3-12H2,1-2H3. The molecule has 168 valence electrons. The molecule has 0 radical (unpaired) electrons. The van der Waals surface area contributed by atoms with E-state index in [-0.39, 0.29) is 11.9 Å². The summed E-state index contributed by atoms with van der Waals surface area (Å²) in [6.45, 7) is 0. The van der Waals surface area contributed by atoms with Gasteiger partial charge in [-0.3, -0.25) is 14.7 Å². The van der Waals surface area contributed by atoms with Crippen LogP contribution >= 0.6 is 27.7 Å². The lowest BCUT2D eigenvalue weighted by molar-refractivity contribution is -0.124. The van der Waals surface area contributed by atoms with E-state index in [4.69, 9.17) is 14.5 Å². The van der Waals surface area contributed by atoms with Crippen LogP contribution in [0.1, 0.15) is 69.8 Å². The number of amidine groups is 1. The molecule has 0 atom stereocenters. The lowest BCUT2D eigenvalue weighted by Crippen LogP contribution is -2.41. The molecule has 0 spiro atoms. The molecule has 3 fully saturated rings. The zero-order valence-corrected chi connectivity index (χ0v) is 20.8. The number of methoxy groups -OCH3 is 2. The molecule has 2 saturated carbocycles. The first-order valence-corrected chi connectivity index (χ1v) is 12.9. The molecule has 0 bridgehead atoms.